The van der Waals surface area contributed by atoms with Gasteiger partial charge in [0.25, 0.3) is 5.91 Å². The number of hydrogen-bond donors (Lipinski definition) is 4. The lowest BCUT2D eigenvalue weighted by Crippen LogP contribution is -2.65. The molecule has 1 aliphatic rings. The summed E-state index contributed by atoms with van der Waals surface area (Å²) in [6, 6.07) is -1.60. The second-order valence-electron chi connectivity index (χ2n) is 7.66. The van der Waals surface area contributed by atoms with Crippen LogP contribution in [-0.4, -0.2) is 58.0 Å². The topological polar surface area (TPSA) is 128 Å². The highest BCUT2D eigenvalue weighted by Crippen LogP contribution is 2.19. The molecule has 2 unspecified atom stereocenters. The molecule has 0 spiro atoms. The van der Waals surface area contributed by atoms with Crippen LogP contribution in [0.2, 0.25) is 0 Å². The maximum Gasteiger partial charge on any atom is 0.325 e. The van der Waals surface area contributed by atoms with E-state index in [0.29, 0.717) is 19.4 Å². The third kappa shape index (κ3) is 8.64. The molecule has 0 aromatic carbocycles. The van der Waals surface area contributed by atoms with E-state index in [1.165, 1.54) is 25.8 Å². The average molecular weight is 413 g/mol. The van der Waals surface area contributed by atoms with Gasteiger partial charge >= 0.3 is 5.97 Å². The van der Waals surface area contributed by atoms with Gasteiger partial charge in [-0.05, 0) is 46.5 Å². The summed E-state index contributed by atoms with van der Waals surface area (Å²) in [6.07, 6.45) is 4.95. The van der Waals surface area contributed by atoms with Gasteiger partial charge in [-0.1, -0.05) is 26.0 Å². The van der Waals surface area contributed by atoms with Crippen LogP contribution in [0, 0.1) is 5.92 Å². The maximum absolute atomic E-state index is 12.5. The standard InChI is InChI=1S/C16H28N4O5.C4H8/c1-9(2)12(18-11(4)21)13(22)17-10(3)14(23)20-8-6-7-16(5,19-20)15(24)25;1-3-4-2/h9-10,12,19H,6-8H2,1-5H3,(H,17,22)(H,18,21)(H,24,25);3-4H,1-2H3/b;4-3+/t10-,12?,16?;/m0./s1. The Labute approximate surface area is 173 Å². The molecule has 0 saturated carbocycles. The normalized spacial score (nSPS) is 21.0. The Morgan fingerprint density at radius 2 is 1.66 bits per heavy atom. The van der Waals surface area contributed by atoms with Crippen molar-refractivity contribution in [1.29, 1.82) is 0 Å². The van der Waals surface area contributed by atoms with Crippen LogP contribution >= 0.6 is 0 Å². The summed E-state index contributed by atoms with van der Waals surface area (Å²) in [6.45, 7) is 12.3. The lowest BCUT2D eigenvalue weighted by Gasteiger charge is -2.39. The number of nitrogens with zero attached hydrogens (tertiary/aromatic N) is 1. The number of hydrazine groups is 1. The van der Waals surface area contributed by atoms with Gasteiger partial charge in [0.1, 0.15) is 17.6 Å². The molecule has 9 nitrogen and oxygen atoms in total. The summed E-state index contributed by atoms with van der Waals surface area (Å²) in [5.74, 6) is -2.39. The van der Waals surface area contributed by atoms with E-state index in [4.69, 9.17) is 0 Å². The van der Waals surface area contributed by atoms with Gasteiger partial charge in [0.2, 0.25) is 11.8 Å². The quantitative estimate of drug-likeness (QED) is 0.486. The number of allylic oxidation sites excluding steroid dienone is 2. The van der Waals surface area contributed by atoms with Crippen LogP contribution in [0.15, 0.2) is 12.2 Å². The highest BCUT2D eigenvalue weighted by molar-refractivity contribution is 5.92. The second-order valence-corrected chi connectivity index (χ2v) is 7.66. The van der Waals surface area contributed by atoms with Gasteiger partial charge in [-0.15, -0.1) is 0 Å². The van der Waals surface area contributed by atoms with Crippen LogP contribution < -0.4 is 16.1 Å². The summed E-state index contributed by atoms with van der Waals surface area (Å²) in [7, 11) is 0. The van der Waals surface area contributed by atoms with E-state index in [2.05, 4.69) is 16.1 Å². The number of hydrogen-bond acceptors (Lipinski definition) is 5. The zero-order valence-corrected chi connectivity index (χ0v) is 18.5. The Hall–Kier alpha value is -2.42. The molecule has 9 heteroatoms. The third-order valence-corrected chi connectivity index (χ3v) is 4.55. The van der Waals surface area contributed by atoms with Crippen LogP contribution in [0.1, 0.15) is 61.3 Å². The molecular weight excluding hydrogens is 376 g/mol. The van der Waals surface area contributed by atoms with E-state index in [9.17, 15) is 24.3 Å². The number of amides is 3. The molecule has 1 saturated heterocycles. The van der Waals surface area contributed by atoms with Crippen molar-refractivity contribution in [3.05, 3.63) is 12.2 Å². The van der Waals surface area contributed by atoms with Gasteiger partial charge in [-0.25, -0.2) is 5.43 Å². The monoisotopic (exact) mass is 412 g/mol. The minimum absolute atomic E-state index is 0.144. The van der Waals surface area contributed by atoms with Crippen LogP contribution in [0.25, 0.3) is 0 Å². The third-order valence-electron chi connectivity index (χ3n) is 4.55. The largest absolute Gasteiger partial charge is 0.480 e. The zero-order valence-electron chi connectivity index (χ0n) is 18.5. The fourth-order valence-electron chi connectivity index (χ4n) is 2.67. The van der Waals surface area contributed by atoms with E-state index in [1.807, 2.05) is 26.0 Å². The average Bonchev–Trinajstić information content (AvgIpc) is 2.65. The van der Waals surface area contributed by atoms with Crippen molar-refractivity contribution in [3.63, 3.8) is 0 Å². The molecular formula is C20H36N4O5. The number of nitrogens with one attached hydrogen (secondary N) is 3. The van der Waals surface area contributed by atoms with Gasteiger partial charge in [-0.2, -0.15) is 0 Å². The molecule has 1 aliphatic heterocycles. The summed E-state index contributed by atoms with van der Waals surface area (Å²) in [5.41, 5.74) is 1.52. The van der Waals surface area contributed by atoms with E-state index >= 15 is 0 Å². The van der Waals surface area contributed by atoms with E-state index < -0.39 is 35.4 Å². The van der Waals surface area contributed by atoms with Crippen LogP contribution in [0.3, 0.4) is 0 Å². The predicted octanol–water partition coefficient (Wildman–Crippen LogP) is 1.20. The first-order valence-corrected chi connectivity index (χ1v) is 9.87. The Bertz CT molecular complexity index is 616. The van der Waals surface area contributed by atoms with Crippen LogP contribution in [-0.2, 0) is 19.2 Å². The first-order chi connectivity index (χ1) is 13.4. The lowest BCUT2D eigenvalue weighted by molar-refractivity contribution is -0.154. The number of carboxylic acids is 1. The fourth-order valence-corrected chi connectivity index (χ4v) is 2.67. The smallest absolute Gasteiger partial charge is 0.325 e. The molecule has 0 aliphatic carbocycles. The SMILES string of the molecule is C/C=C/C.CC(=O)NC(C(=O)N[C@@H](C)C(=O)N1CCCC(C)(C(=O)O)N1)C(C)C. The zero-order chi connectivity index (χ0) is 22.8. The van der Waals surface area contributed by atoms with Crippen LogP contribution in [0.4, 0.5) is 0 Å². The van der Waals surface area contributed by atoms with E-state index in [1.54, 1.807) is 13.8 Å². The molecule has 3 amide bonds. The summed E-state index contributed by atoms with van der Waals surface area (Å²) in [5, 5.41) is 15.7. The first-order valence-electron chi connectivity index (χ1n) is 9.87. The first kappa shape index (κ1) is 26.6. The minimum atomic E-state index is -1.21. The summed E-state index contributed by atoms with van der Waals surface area (Å²) >= 11 is 0. The molecule has 4 N–H and O–H groups in total. The Morgan fingerprint density at radius 1 is 1.10 bits per heavy atom. The molecule has 1 heterocycles. The van der Waals surface area contributed by atoms with Crippen molar-refractivity contribution in [2.24, 2.45) is 5.92 Å². The fraction of sp³-hybridized carbons (Fsp3) is 0.700. The molecule has 166 valence electrons. The number of carbonyl (C=O) groups is 4. The van der Waals surface area contributed by atoms with E-state index in [0.717, 1.165) is 0 Å². The summed E-state index contributed by atoms with van der Waals surface area (Å²) in [4.78, 5) is 47.5. The number of rotatable bonds is 6. The van der Waals surface area contributed by atoms with Crippen molar-refractivity contribution in [3.8, 4) is 0 Å². The molecule has 0 aromatic heterocycles. The Morgan fingerprint density at radius 3 is 2.07 bits per heavy atom. The van der Waals surface area contributed by atoms with Gasteiger partial charge in [0.05, 0.1) is 0 Å². The van der Waals surface area contributed by atoms with Crippen molar-refractivity contribution in [2.75, 3.05) is 6.54 Å². The van der Waals surface area contributed by atoms with Crippen molar-refractivity contribution in [2.45, 2.75) is 78.9 Å². The van der Waals surface area contributed by atoms with Gasteiger partial charge in [0, 0.05) is 13.5 Å². The predicted molar refractivity (Wildman–Crippen MR) is 111 cm³/mol. The number of carboxylic acid groups (broad SMARTS) is 1. The van der Waals surface area contributed by atoms with Gasteiger partial charge < -0.3 is 15.7 Å². The molecule has 3 atom stereocenters. The van der Waals surface area contributed by atoms with Crippen molar-refractivity contribution >= 4 is 23.7 Å². The number of aliphatic carboxylic acids is 1. The van der Waals surface area contributed by atoms with Crippen LogP contribution in [0.5, 0.6) is 0 Å². The molecule has 29 heavy (non-hydrogen) atoms. The summed E-state index contributed by atoms with van der Waals surface area (Å²) < 4.78 is 0. The van der Waals surface area contributed by atoms with Crippen molar-refractivity contribution < 1.29 is 24.3 Å². The van der Waals surface area contributed by atoms with Gasteiger partial charge in [0.15, 0.2) is 0 Å². The second kappa shape index (κ2) is 12.2. The maximum atomic E-state index is 12.5. The Balaban J connectivity index is 0.00000178. The molecule has 0 radical (unpaired) electrons. The van der Waals surface area contributed by atoms with Crippen molar-refractivity contribution in [1.82, 2.24) is 21.1 Å². The highest BCUT2D eigenvalue weighted by Gasteiger charge is 2.40. The van der Waals surface area contributed by atoms with Gasteiger partial charge in [-0.3, -0.25) is 24.2 Å². The molecule has 0 aromatic rings. The highest BCUT2D eigenvalue weighted by atomic mass is 16.4. The molecule has 1 rings (SSSR count). The lowest BCUT2D eigenvalue weighted by atomic mass is 9.94. The number of carbonyl (C=O) groups excluding carboxylic acids is 3. The Kier molecular flexibility index (Phi) is 11.2. The molecule has 0 bridgehead atoms. The molecule has 1 fully saturated rings. The minimum Gasteiger partial charge on any atom is -0.480 e. The van der Waals surface area contributed by atoms with E-state index in [-0.39, 0.29) is 11.8 Å².